The number of aliphatic hydroxyl groups excluding tert-OH is 2. The fourth-order valence-corrected chi connectivity index (χ4v) is 7.50. The summed E-state index contributed by atoms with van der Waals surface area (Å²) in [5.74, 6) is 2.74. The summed E-state index contributed by atoms with van der Waals surface area (Å²) in [7, 11) is 0. The van der Waals surface area contributed by atoms with E-state index in [0.29, 0.717) is 11.3 Å². The molecular weight excluding hydrogens is 284 g/mol. The van der Waals surface area contributed by atoms with Gasteiger partial charge in [0.15, 0.2) is 0 Å². The molecule has 0 aliphatic heterocycles. The minimum atomic E-state index is -0.512. The Morgan fingerprint density at radius 1 is 1.13 bits per heavy atom. The molecule has 4 aliphatic carbocycles. The second-order valence-corrected chi connectivity index (χ2v) is 9.44. The predicted octanol–water partition coefficient (Wildman–Crippen LogP) is 4.31. The van der Waals surface area contributed by atoms with Gasteiger partial charge in [0.2, 0.25) is 0 Å². The lowest BCUT2D eigenvalue weighted by molar-refractivity contribution is -0.0739. The molecule has 3 saturated carbocycles. The maximum atomic E-state index is 10.3. The number of hydrogen-bond donors (Lipinski definition) is 2. The Hall–Kier alpha value is -0.340. The molecule has 2 N–H and O–H groups in total. The van der Waals surface area contributed by atoms with Crippen LogP contribution in [0.5, 0.6) is 0 Å². The summed E-state index contributed by atoms with van der Waals surface area (Å²) in [6.07, 6.45) is 13.9. The van der Waals surface area contributed by atoms with Crippen LogP contribution in [0.25, 0.3) is 0 Å². The summed E-state index contributed by atoms with van der Waals surface area (Å²) in [6.45, 7) is 4.92. The first-order chi connectivity index (χ1) is 11.0. The molecule has 130 valence electrons. The highest BCUT2D eigenvalue weighted by molar-refractivity contribution is 5.24. The Morgan fingerprint density at radius 2 is 1.96 bits per heavy atom. The quantitative estimate of drug-likeness (QED) is 0.745. The van der Waals surface area contributed by atoms with Crippen LogP contribution in [-0.2, 0) is 0 Å². The fourth-order valence-electron chi connectivity index (χ4n) is 7.50. The molecule has 23 heavy (non-hydrogen) atoms. The Bertz CT molecular complexity index is 498. The molecule has 0 aromatic heterocycles. The first-order valence-electron chi connectivity index (χ1n) is 9.99. The summed E-state index contributed by atoms with van der Waals surface area (Å²) in [4.78, 5) is 0. The number of allylic oxidation sites excluding steroid dienone is 2. The monoisotopic (exact) mass is 318 g/mol. The van der Waals surface area contributed by atoms with Crippen molar-refractivity contribution in [3.8, 4) is 0 Å². The highest BCUT2D eigenvalue weighted by atomic mass is 16.3. The molecule has 0 heterocycles. The van der Waals surface area contributed by atoms with Gasteiger partial charge in [0.1, 0.15) is 0 Å². The Labute approximate surface area is 141 Å². The lowest BCUT2D eigenvalue weighted by Gasteiger charge is -2.58. The third-order valence-corrected chi connectivity index (χ3v) is 8.74. The zero-order valence-electron chi connectivity index (χ0n) is 14.9. The van der Waals surface area contributed by atoms with Crippen molar-refractivity contribution in [2.24, 2.45) is 34.5 Å². The van der Waals surface area contributed by atoms with Crippen LogP contribution in [0.2, 0.25) is 0 Å². The van der Waals surface area contributed by atoms with Crippen molar-refractivity contribution in [1.29, 1.82) is 0 Å². The normalized spacial score (nSPS) is 50.5. The van der Waals surface area contributed by atoms with E-state index in [0.717, 1.165) is 24.2 Å². The SMILES string of the molecule is C[C@]12CCCCC1=CC[C@@H]1[C@H]2CC[C@]2(C)C(C(O)CO)CC[C@@H]12. The molecule has 4 aliphatic rings. The van der Waals surface area contributed by atoms with Crippen molar-refractivity contribution in [2.45, 2.75) is 77.7 Å². The van der Waals surface area contributed by atoms with Gasteiger partial charge in [-0.1, -0.05) is 31.9 Å². The van der Waals surface area contributed by atoms with Crippen LogP contribution in [0.1, 0.15) is 71.6 Å². The second-order valence-electron chi connectivity index (χ2n) is 9.44. The molecule has 4 rings (SSSR count). The van der Waals surface area contributed by atoms with Crippen molar-refractivity contribution in [2.75, 3.05) is 6.61 Å². The van der Waals surface area contributed by atoms with Gasteiger partial charge < -0.3 is 10.2 Å². The van der Waals surface area contributed by atoms with Gasteiger partial charge in [-0.3, -0.25) is 0 Å². The van der Waals surface area contributed by atoms with E-state index in [1.807, 2.05) is 0 Å². The summed E-state index contributed by atoms with van der Waals surface area (Å²) >= 11 is 0. The molecule has 0 saturated heterocycles. The molecule has 3 fully saturated rings. The largest absolute Gasteiger partial charge is 0.394 e. The van der Waals surface area contributed by atoms with E-state index in [4.69, 9.17) is 0 Å². The van der Waals surface area contributed by atoms with E-state index in [9.17, 15) is 10.2 Å². The fraction of sp³-hybridized carbons (Fsp3) is 0.905. The van der Waals surface area contributed by atoms with E-state index in [-0.39, 0.29) is 12.0 Å². The van der Waals surface area contributed by atoms with E-state index < -0.39 is 6.10 Å². The predicted molar refractivity (Wildman–Crippen MR) is 92.9 cm³/mol. The van der Waals surface area contributed by atoms with Gasteiger partial charge in [-0.15, -0.1) is 0 Å². The van der Waals surface area contributed by atoms with Crippen molar-refractivity contribution in [3.63, 3.8) is 0 Å². The Balaban J connectivity index is 1.64. The Morgan fingerprint density at radius 3 is 2.74 bits per heavy atom. The van der Waals surface area contributed by atoms with E-state index in [1.165, 1.54) is 51.4 Å². The zero-order valence-corrected chi connectivity index (χ0v) is 14.9. The summed E-state index contributed by atoms with van der Waals surface area (Å²) in [5.41, 5.74) is 2.49. The molecule has 0 bridgehead atoms. The molecule has 0 aromatic carbocycles. The number of rotatable bonds is 2. The minimum Gasteiger partial charge on any atom is -0.394 e. The highest BCUT2D eigenvalue weighted by Gasteiger charge is 2.59. The van der Waals surface area contributed by atoms with Crippen molar-refractivity contribution >= 4 is 0 Å². The maximum Gasteiger partial charge on any atom is 0.0804 e. The van der Waals surface area contributed by atoms with E-state index in [1.54, 1.807) is 5.57 Å². The van der Waals surface area contributed by atoms with Gasteiger partial charge in [-0.05, 0) is 85.9 Å². The molecule has 0 aromatic rings. The Kier molecular flexibility index (Phi) is 3.93. The van der Waals surface area contributed by atoms with Crippen LogP contribution in [0.4, 0.5) is 0 Å². The first kappa shape index (κ1) is 16.1. The van der Waals surface area contributed by atoms with Gasteiger partial charge in [0, 0.05) is 0 Å². The molecular formula is C21H34O2. The number of fused-ring (bicyclic) bond motifs is 5. The highest BCUT2D eigenvalue weighted by Crippen LogP contribution is 2.66. The lowest BCUT2D eigenvalue weighted by Crippen LogP contribution is -2.50. The molecule has 0 radical (unpaired) electrons. The lowest BCUT2D eigenvalue weighted by atomic mass is 9.47. The molecule has 2 unspecified atom stereocenters. The average molecular weight is 319 g/mol. The van der Waals surface area contributed by atoms with Crippen LogP contribution in [0, 0.1) is 34.5 Å². The van der Waals surface area contributed by atoms with Crippen molar-refractivity contribution in [3.05, 3.63) is 11.6 Å². The standard InChI is InChI=1S/C21H34O2/c1-20-11-4-3-5-14(20)6-7-15-16-8-9-18(19(23)13-22)21(16,2)12-10-17(15)20/h6,15-19,22-23H,3-5,7-13H2,1-2H3/t15-,16-,17+,18?,19?,20-,21-/m0/s1. The van der Waals surface area contributed by atoms with Gasteiger partial charge in [0.05, 0.1) is 12.7 Å². The third-order valence-electron chi connectivity index (χ3n) is 8.74. The zero-order chi connectivity index (χ0) is 16.2. The summed E-state index contributed by atoms with van der Waals surface area (Å²) < 4.78 is 0. The number of aliphatic hydroxyl groups is 2. The molecule has 2 heteroatoms. The van der Waals surface area contributed by atoms with Crippen LogP contribution >= 0.6 is 0 Å². The summed E-state index contributed by atoms with van der Waals surface area (Å²) in [6, 6.07) is 0. The molecule has 7 atom stereocenters. The third kappa shape index (κ3) is 2.20. The molecule has 0 spiro atoms. The van der Waals surface area contributed by atoms with Gasteiger partial charge in [-0.25, -0.2) is 0 Å². The average Bonchev–Trinajstić information content (AvgIpc) is 2.91. The minimum absolute atomic E-state index is 0.0666. The maximum absolute atomic E-state index is 10.3. The smallest absolute Gasteiger partial charge is 0.0804 e. The van der Waals surface area contributed by atoms with E-state index in [2.05, 4.69) is 19.9 Å². The first-order valence-corrected chi connectivity index (χ1v) is 9.99. The van der Waals surface area contributed by atoms with Gasteiger partial charge >= 0.3 is 0 Å². The van der Waals surface area contributed by atoms with Crippen LogP contribution in [0.3, 0.4) is 0 Å². The van der Waals surface area contributed by atoms with Gasteiger partial charge in [-0.2, -0.15) is 0 Å². The second kappa shape index (κ2) is 5.59. The topological polar surface area (TPSA) is 40.5 Å². The van der Waals surface area contributed by atoms with Crippen molar-refractivity contribution in [1.82, 2.24) is 0 Å². The van der Waals surface area contributed by atoms with Gasteiger partial charge in [0.25, 0.3) is 0 Å². The van der Waals surface area contributed by atoms with Crippen LogP contribution in [-0.4, -0.2) is 22.9 Å². The van der Waals surface area contributed by atoms with E-state index >= 15 is 0 Å². The molecule has 2 nitrogen and oxygen atoms in total. The van der Waals surface area contributed by atoms with Crippen LogP contribution in [0.15, 0.2) is 11.6 Å². The number of hydrogen-bond acceptors (Lipinski definition) is 2. The van der Waals surface area contributed by atoms with Crippen molar-refractivity contribution < 1.29 is 10.2 Å². The molecule has 0 amide bonds. The summed E-state index contributed by atoms with van der Waals surface area (Å²) in [5, 5.41) is 19.8. The van der Waals surface area contributed by atoms with Crippen LogP contribution < -0.4 is 0 Å².